The molecule has 0 saturated carbocycles. The number of alkyl carbamates (subject to hydrolysis) is 1. The molecule has 2 atom stereocenters. The average Bonchev–Trinajstić information content (AvgIpc) is 2.59. The molecule has 2 amide bonds. The minimum absolute atomic E-state index is 0.209. The first-order valence-electron chi connectivity index (χ1n) is 9.39. The number of carbonyl (C=O) groups is 3. The number of rotatable bonds is 10. The standard InChI is InChI=1S/C20H31N3O5/c1-20(2,3)28-19(27)23-16(13-14-9-5-4-6-10-14)17(24)22-15(18(25)26)11-7-8-12-21/h4-6,9-10,15-16H,7-8,11-13,21H2,1-3H3,(H,22,24)(H,23,27)(H,25,26)/t15-,16-/m0/s1. The fourth-order valence-corrected chi connectivity index (χ4v) is 2.53. The second-order valence-electron chi connectivity index (χ2n) is 7.57. The molecule has 0 saturated heterocycles. The minimum atomic E-state index is -1.12. The van der Waals surface area contributed by atoms with Crippen molar-refractivity contribution in [2.24, 2.45) is 5.73 Å². The number of benzene rings is 1. The van der Waals surface area contributed by atoms with Crippen LogP contribution in [0.1, 0.15) is 45.6 Å². The van der Waals surface area contributed by atoms with E-state index in [2.05, 4.69) is 10.6 Å². The molecule has 0 aliphatic heterocycles. The molecule has 0 fully saturated rings. The van der Waals surface area contributed by atoms with Crippen molar-refractivity contribution in [1.29, 1.82) is 0 Å². The number of unbranched alkanes of at least 4 members (excludes halogenated alkanes) is 1. The van der Waals surface area contributed by atoms with E-state index >= 15 is 0 Å². The largest absolute Gasteiger partial charge is 0.480 e. The Bertz CT molecular complexity index is 643. The second-order valence-corrected chi connectivity index (χ2v) is 7.57. The number of amides is 2. The second kappa shape index (κ2) is 11.3. The van der Waals surface area contributed by atoms with Crippen LogP contribution in [0.4, 0.5) is 4.79 Å². The van der Waals surface area contributed by atoms with Crippen LogP contribution in [0.15, 0.2) is 30.3 Å². The number of ether oxygens (including phenoxy) is 1. The highest BCUT2D eigenvalue weighted by Gasteiger charge is 2.28. The van der Waals surface area contributed by atoms with Crippen molar-refractivity contribution in [2.75, 3.05) is 6.54 Å². The van der Waals surface area contributed by atoms with Gasteiger partial charge in [-0.3, -0.25) is 4.79 Å². The predicted molar refractivity (Wildman–Crippen MR) is 106 cm³/mol. The summed E-state index contributed by atoms with van der Waals surface area (Å²) in [5.41, 5.74) is 5.54. The third-order valence-electron chi connectivity index (χ3n) is 3.85. The predicted octanol–water partition coefficient (Wildman–Crippen LogP) is 1.82. The Morgan fingerprint density at radius 2 is 1.71 bits per heavy atom. The van der Waals surface area contributed by atoms with Gasteiger partial charge < -0.3 is 26.2 Å². The minimum Gasteiger partial charge on any atom is -0.480 e. The highest BCUT2D eigenvalue weighted by Crippen LogP contribution is 2.09. The lowest BCUT2D eigenvalue weighted by Gasteiger charge is -2.24. The maximum Gasteiger partial charge on any atom is 0.408 e. The van der Waals surface area contributed by atoms with Crippen LogP contribution < -0.4 is 16.4 Å². The van der Waals surface area contributed by atoms with Crippen LogP contribution >= 0.6 is 0 Å². The first-order chi connectivity index (χ1) is 13.1. The van der Waals surface area contributed by atoms with Crippen molar-refractivity contribution in [3.63, 3.8) is 0 Å². The first kappa shape index (κ1) is 23.4. The Hall–Kier alpha value is -2.61. The van der Waals surface area contributed by atoms with E-state index in [1.807, 2.05) is 30.3 Å². The van der Waals surface area contributed by atoms with Gasteiger partial charge in [-0.25, -0.2) is 9.59 Å². The third kappa shape index (κ3) is 9.36. The SMILES string of the molecule is CC(C)(C)OC(=O)N[C@@H](Cc1ccccc1)C(=O)N[C@@H](CCCCN)C(=O)O. The molecule has 1 aromatic rings. The van der Waals surface area contributed by atoms with Gasteiger partial charge in [-0.1, -0.05) is 30.3 Å². The van der Waals surface area contributed by atoms with Gasteiger partial charge in [0.2, 0.25) is 5.91 Å². The van der Waals surface area contributed by atoms with E-state index in [4.69, 9.17) is 10.5 Å². The molecular formula is C20H31N3O5. The van der Waals surface area contributed by atoms with Gasteiger partial charge in [0.25, 0.3) is 0 Å². The molecule has 0 radical (unpaired) electrons. The summed E-state index contributed by atoms with van der Waals surface area (Å²) in [5.74, 6) is -1.70. The summed E-state index contributed by atoms with van der Waals surface area (Å²) >= 11 is 0. The summed E-state index contributed by atoms with van der Waals surface area (Å²) in [6.07, 6.45) is 0.988. The summed E-state index contributed by atoms with van der Waals surface area (Å²) in [5, 5.41) is 14.4. The number of nitrogens with one attached hydrogen (secondary N) is 2. The van der Waals surface area contributed by atoms with Crippen molar-refractivity contribution < 1.29 is 24.2 Å². The molecule has 0 unspecified atom stereocenters. The fourth-order valence-electron chi connectivity index (χ4n) is 2.53. The Balaban J connectivity index is 2.87. The first-order valence-corrected chi connectivity index (χ1v) is 9.39. The van der Waals surface area contributed by atoms with Crippen LogP contribution in [0.2, 0.25) is 0 Å². The highest BCUT2D eigenvalue weighted by molar-refractivity contribution is 5.89. The summed E-state index contributed by atoms with van der Waals surface area (Å²) in [7, 11) is 0. The van der Waals surface area contributed by atoms with E-state index < -0.39 is 35.7 Å². The number of aliphatic carboxylic acids is 1. The summed E-state index contributed by atoms with van der Waals surface area (Å²) < 4.78 is 5.23. The number of hydrogen-bond acceptors (Lipinski definition) is 5. The molecule has 28 heavy (non-hydrogen) atoms. The van der Waals surface area contributed by atoms with Gasteiger partial charge in [0, 0.05) is 6.42 Å². The zero-order chi connectivity index (χ0) is 21.2. The molecule has 8 heteroatoms. The number of carboxylic acid groups (broad SMARTS) is 1. The van der Waals surface area contributed by atoms with Crippen LogP contribution in [0, 0.1) is 0 Å². The van der Waals surface area contributed by atoms with Gasteiger partial charge in [-0.15, -0.1) is 0 Å². The average molecular weight is 393 g/mol. The van der Waals surface area contributed by atoms with E-state index in [0.29, 0.717) is 19.4 Å². The molecule has 0 bridgehead atoms. The van der Waals surface area contributed by atoms with Crippen molar-refractivity contribution in [3.05, 3.63) is 35.9 Å². The monoisotopic (exact) mass is 393 g/mol. The van der Waals surface area contributed by atoms with E-state index in [-0.39, 0.29) is 12.8 Å². The maximum atomic E-state index is 12.7. The van der Waals surface area contributed by atoms with Crippen LogP contribution in [0.3, 0.4) is 0 Å². The van der Waals surface area contributed by atoms with Crippen molar-refractivity contribution >= 4 is 18.0 Å². The molecule has 156 valence electrons. The van der Waals surface area contributed by atoms with E-state index in [1.54, 1.807) is 20.8 Å². The summed E-state index contributed by atoms with van der Waals surface area (Å²) in [6, 6.07) is 7.14. The Morgan fingerprint density at radius 1 is 1.07 bits per heavy atom. The molecular weight excluding hydrogens is 362 g/mol. The molecule has 0 heterocycles. The maximum absolute atomic E-state index is 12.7. The fraction of sp³-hybridized carbons (Fsp3) is 0.550. The van der Waals surface area contributed by atoms with E-state index in [9.17, 15) is 19.5 Å². The Kier molecular flexibility index (Phi) is 9.44. The zero-order valence-corrected chi connectivity index (χ0v) is 16.7. The lowest BCUT2D eigenvalue weighted by atomic mass is 10.0. The molecule has 0 spiro atoms. The molecule has 8 nitrogen and oxygen atoms in total. The number of hydrogen-bond donors (Lipinski definition) is 4. The lowest BCUT2D eigenvalue weighted by Crippen LogP contribution is -2.53. The van der Waals surface area contributed by atoms with Gasteiger partial charge in [-0.05, 0) is 52.1 Å². The lowest BCUT2D eigenvalue weighted by molar-refractivity contribution is -0.142. The smallest absolute Gasteiger partial charge is 0.408 e. The topological polar surface area (TPSA) is 131 Å². The number of carboxylic acids is 1. The van der Waals surface area contributed by atoms with Gasteiger partial charge in [0.15, 0.2) is 0 Å². The van der Waals surface area contributed by atoms with Gasteiger partial charge >= 0.3 is 12.1 Å². The van der Waals surface area contributed by atoms with Gasteiger partial charge in [0.05, 0.1) is 0 Å². The number of carbonyl (C=O) groups excluding carboxylic acids is 2. The molecule has 0 aromatic heterocycles. The van der Waals surface area contributed by atoms with Crippen molar-refractivity contribution in [1.82, 2.24) is 10.6 Å². The summed E-state index contributed by atoms with van der Waals surface area (Å²) in [4.78, 5) is 36.3. The normalized spacial score (nSPS) is 13.3. The van der Waals surface area contributed by atoms with Crippen LogP contribution in [-0.4, -0.2) is 47.3 Å². The van der Waals surface area contributed by atoms with Crippen molar-refractivity contribution in [2.45, 2.75) is 64.1 Å². The molecule has 1 aromatic carbocycles. The van der Waals surface area contributed by atoms with Crippen LogP contribution in [-0.2, 0) is 20.7 Å². The number of nitrogens with two attached hydrogens (primary N) is 1. The van der Waals surface area contributed by atoms with Crippen molar-refractivity contribution in [3.8, 4) is 0 Å². The van der Waals surface area contributed by atoms with E-state index in [1.165, 1.54) is 0 Å². The summed E-state index contributed by atoms with van der Waals surface area (Å²) in [6.45, 7) is 5.61. The quantitative estimate of drug-likeness (QED) is 0.449. The molecule has 0 aliphatic carbocycles. The van der Waals surface area contributed by atoms with Gasteiger partial charge in [0.1, 0.15) is 17.7 Å². The Labute approximate surface area is 165 Å². The highest BCUT2D eigenvalue weighted by atomic mass is 16.6. The molecule has 0 aliphatic rings. The molecule has 5 N–H and O–H groups in total. The van der Waals surface area contributed by atoms with E-state index in [0.717, 1.165) is 5.56 Å². The van der Waals surface area contributed by atoms with Crippen LogP contribution in [0.5, 0.6) is 0 Å². The van der Waals surface area contributed by atoms with Gasteiger partial charge in [-0.2, -0.15) is 0 Å². The Morgan fingerprint density at radius 3 is 2.25 bits per heavy atom. The molecule has 1 rings (SSSR count). The van der Waals surface area contributed by atoms with Crippen LogP contribution in [0.25, 0.3) is 0 Å². The third-order valence-corrected chi connectivity index (χ3v) is 3.85. The zero-order valence-electron chi connectivity index (χ0n) is 16.7.